The van der Waals surface area contributed by atoms with E-state index in [1.165, 1.54) is 11.4 Å². The summed E-state index contributed by atoms with van der Waals surface area (Å²) in [5, 5.41) is 0. The third kappa shape index (κ3) is 3.40. The van der Waals surface area contributed by atoms with Crippen molar-refractivity contribution in [2.24, 2.45) is 5.92 Å². The van der Waals surface area contributed by atoms with E-state index in [1.54, 1.807) is 37.4 Å². The van der Waals surface area contributed by atoms with Crippen LogP contribution in [0.15, 0.2) is 59.5 Å². The van der Waals surface area contributed by atoms with E-state index in [9.17, 15) is 8.42 Å². The third-order valence-electron chi connectivity index (χ3n) is 4.47. The summed E-state index contributed by atoms with van der Waals surface area (Å²) in [5.74, 6) is -0.238. The number of sulfonamides is 1. The molecule has 0 bridgehead atoms. The van der Waals surface area contributed by atoms with Gasteiger partial charge in [0, 0.05) is 20.1 Å². The quantitative estimate of drug-likeness (QED) is 0.805. The topological polar surface area (TPSA) is 55.8 Å². The van der Waals surface area contributed by atoms with E-state index in [4.69, 9.17) is 9.47 Å². The number of fused-ring (bicyclic) bond motifs is 1. The molecule has 0 amide bonds. The lowest BCUT2D eigenvalue weighted by Crippen LogP contribution is -2.46. The summed E-state index contributed by atoms with van der Waals surface area (Å²) >= 11 is 0. The maximum Gasteiger partial charge on any atom is 0.266 e. The summed E-state index contributed by atoms with van der Waals surface area (Å²) in [5.41, 5.74) is 2.42. The van der Waals surface area contributed by atoms with E-state index >= 15 is 0 Å². The molecule has 1 heterocycles. The lowest BCUT2D eigenvalue weighted by atomic mass is 10.1. The van der Waals surface area contributed by atoms with Crippen molar-refractivity contribution in [3.8, 4) is 0 Å². The Bertz CT molecular complexity index is 890. The first kappa shape index (κ1) is 18.6. The minimum atomic E-state index is -3.82. The van der Waals surface area contributed by atoms with Crippen LogP contribution in [0.5, 0.6) is 0 Å². The second-order valence-corrected chi connectivity index (χ2v) is 8.09. The third-order valence-corrected chi connectivity index (χ3v) is 6.26. The van der Waals surface area contributed by atoms with Gasteiger partial charge in [0.15, 0.2) is 6.23 Å². The van der Waals surface area contributed by atoms with Crippen molar-refractivity contribution in [1.29, 1.82) is 0 Å². The van der Waals surface area contributed by atoms with Gasteiger partial charge in [-0.2, -0.15) is 0 Å². The van der Waals surface area contributed by atoms with Crippen molar-refractivity contribution >= 4 is 21.8 Å². The van der Waals surface area contributed by atoms with Gasteiger partial charge in [0.2, 0.25) is 0 Å². The van der Waals surface area contributed by atoms with Gasteiger partial charge in [0.1, 0.15) is 0 Å². The van der Waals surface area contributed by atoms with Gasteiger partial charge in [-0.3, -0.25) is 0 Å². The van der Waals surface area contributed by atoms with E-state index in [2.05, 4.69) is 0 Å². The summed E-state index contributed by atoms with van der Waals surface area (Å²) in [6, 6.07) is 14.3. The van der Waals surface area contributed by atoms with Crippen LogP contribution in [0.4, 0.5) is 5.69 Å². The number of rotatable bonds is 5. The zero-order valence-corrected chi connectivity index (χ0v) is 15.9. The minimum Gasteiger partial charge on any atom is -0.384 e. The van der Waals surface area contributed by atoms with E-state index < -0.39 is 16.3 Å². The van der Waals surface area contributed by atoms with Crippen molar-refractivity contribution in [2.45, 2.75) is 18.0 Å². The molecule has 6 heteroatoms. The maximum atomic E-state index is 13.5. The van der Waals surface area contributed by atoms with E-state index in [-0.39, 0.29) is 10.8 Å². The molecule has 2 aromatic rings. The van der Waals surface area contributed by atoms with Crippen LogP contribution in [0.1, 0.15) is 11.1 Å². The van der Waals surface area contributed by atoms with E-state index in [1.807, 2.05) is 37.3 Å². The number of hydrogen-bond acceptors (Lipinski definition) is 4. The predicted octanol–water partition coefficient (Wildman–Crippen LogP) is 3.45. The molecule has 0 aliphatic carbocycles. The lowest BCUT2D eigenvalue weighted by molar-refractivity contribution is 0.0418. The van der Waals surface area contributed by atoms with E-state index in [0.29, 0.717) is 12.3 Å². The molecule has 0 aromatic heterocycles. The summed E-state index contributed by atoms with van der Waals surface area (Å²) in [4.78, 5) is 0.234. The standard InChI is InChI=1S/C20H23NO4S/c1-15-8-12-18(13-9-15)26(22,23)21-19-7-5-4-6-16(19)10-11-17(14-24-2)20(21)25-3/h4-13,17,20H,14H2,1-3H3/t17-,20-/m0/s1. The molecule has 1 aliphatic heterocycles. The molecule has 1 aliphatic rings. The number of nitrogens with zero attached hydrogens (tertiary/aromatic N) is 1. The molecule has 2 aromatic carbocycles. The maximum absolute atomic E-state index is 13.5. The van der Waals surface area contributed by atoms with Gasteiger partial charge in [-0.25, -0.2) is 12.7 Å². The number of aryl methyl sites for hydroxylation is 1. The van der Waals surface area contributed by atoms with Crippen molar-refractivity contribution < 1.29 is 17.9 Å². The van der Waals surface area contributed by atoms with Crippen molar-refractivity contribution in [3.63, 3.8) is 0 Å². The fourth-order valence-electron chi connectivity index (χ4n) is 3.15. The number of methoxy groups -OCH3 is 2. The Kier molecular flexibility index (Phi) is 5.46. The highest BCUT2D eigenvalue weighted by molar-refractivity contribution is 7.92. The second-order valence-electron chi connectivity index (χ2n) is 6.28. The average molecular weight is 373 g/mol. The van der Waals surface area contributed by atoms with Crippen LogP contribution in [0, 0.1) is 12.8 Å². The molecule has 0 unspecified atom stereocenters. The molecule has 0 saturated heterocycles. The van der Waals surface area contributed by atoms with Crippen molar-refractivity contribution in [3.05, 3.63) is 65.7 Å². The highest BCUT2D eigenvalue weighted by Crippen LogP contribution is 2.35. The van der Waals surface area contributed by atoms with Crippen LogP contribution in [0.3, 0.4) is 0 Å². The number of ether oxygens (including phenoxy) is 2. The summed E-state index contributed by atoms with van der Waals surface area (Å²) in [6.45, 7) is 2.27. The summed E-state index contributed by atoms with van der Waals surface area (Å²) in [6.07, 6.45) is 3.16. The number of anilines is 1. The molecule has 2 atom stereocenters. The number of para-hydroxylation sites is 1. The van der Waals surface area contributed by atoms with Crippen LogP contribution in [0.25, 0.3) is 6.08 Å². The zero-order chi connectivity index (χ0) is 18.7. The molecular weight excluding hydrogens is 350 g/mol. The molecule has 3 rings (SSSR count). The van der Waals surface area contributed by atoms with Crippen molar-refractivity contribution in [1.82, 2.24) is 0 Å². The van der Waals surface area contributed by atoms with Gasteiger partial charge in [0.25, 0.3) is 10.0 Å². The molecule has 5 nitrogen and oxygen atoms in total. The van der Waals surface area contributed by atoms with Gasteiger partial charge in [-0.15, -0.1) is 0 Å². The average Bonchev–Trinajstić information content (AvgIpc) is 2.79. The van der Waals surface area contributed by atoms with Gasteiger partial charge in [-0.05, 0) is 30.7 Å². The Morgan fingerprint density at radius 3 is 2.38 bits per heavy atom. The fraction of sp³-hybridized carbons (Fsp3) is 0.300. The van der Waals surface area contributed by atoms with Crippen LogP contribution >= 0.6 is 0 Å². The van der Waals surface area contributed by atoms with Gasteiger partial charge < -0.3 is 9.47 Å². The van der Waals surface area contributed by atoms with Gasteiger partial charge in [-0.1, -0.05) is 48.0 Å². The smallest absolute Gasteiger partial charge is 0.266 e. The molecule has 0 saturated carbocycles. The fourth-order valence-corrected chi connectivity index (χ4v) is 4.80. The Balaban J connectivity index is 2.18. The monoisotopic (exact) mass is 373 g/mol. The summed E-state index contributed by atoms with van der Waals surface area (Å²) in [7, 11) is -0.700. The minimum absolute atomic E-state index is 0.234. The SMILES string of the molecule is COC[C@@H]1C=Cc2ccccc2N(S(=O)(=O)c2ccc(C)cc2)[C@H]1OC. The zero-order valence-electron chi connectivity index (χ0n) is 15.1. The highest BCUT2D eigenvalue weighted by Gasteiger charge is 2.38. The van der Waals surface area contributed by atoms with Crippen LogP contribution in [0.2, 0.25) is 0 Å². The molecule has 0 fully saturated rings. The number of benzene rings is 2. The van der Waals surface area contributed by atoms with Gasteiger partial charge in [0.05, 0.1) is 17.2 Å². The number of hydrogen-bond donors (Lipinski definition) is 0. The van der Waals surface area contributed by atoms with Crippen LogP contribution in [-0.2, 0) is 19.5 Å². The first-order valence-electron chi connectivity index (χ1n) is 8.39. The van der Waals surface area contributed by atoms with Crippen LogP contribution < -0.4 is 4.31 Å². The van der Waals surface area contributed by atoms with Crippen LogP contribution in [-0.4, -0.2) is 35.5 Å². The van der Waals surface area contributed by atoms with Crippen molar-refractivity contribution in [2.75, 3.05) is 25.1 Å². The Morgan fingerprint density at radius 1 is 1.04 bits per heavy atom. The molecule has 0 N–H and O–H groups in total. The largest absolute Gasteiger partial charge is 0.384 e. The first-order valence-corrected chi connectivity index (χ1v) is 9.83. The highest BCUT2D eigenvalue weighted by atomic mass is 32.2. The normalized spacial score (nSPS) is 19.9. The van der Waals surface area contributed by atoms with E-state index in [0.717, 1.165) is 11.1 Å². The lowest BCUT2D eigenvalue weighted by Gasteiger charge is -2.34. The molecule has 0 spiro atoms. The molecule has 138 valence electrons. The molecular formula is C20H23NO4S. The Labute approximate surface area is 154 Å². The Morgan fingerprint density at radius 2 is 1.73 bits per heavy atom. The molecule has 0 radical (unpaired) electrons. The molecule has 26 heavy (non-hydrogen) atoms. The first-order chi connectivity index (χ1) is 12.5. The Hall–Kier alpha value is -2.15. The predicted molar refractivity (Wildman–Crippen MR) is 102 cm³/mol. The van der Waals surface area contributed by atoms with Gasteiger partial charge >= 0.3 is 0 Å². The second kappa shape index (κ2) is 7.61. The summed E-state index contributed by atoms with van der Waals surface area (Å²) < 4.78 is 39.3.